The van der Waals surface area contributed by atoms with Crippen molar-refractivity contribution in [2.24, 2.45) is 5.92 Å². The van der Waals surface area contributed by atoms with E-state index in [0.29, 0.717) is 55.8 Å². The van der Waals surface area contributed by atoms with Gasteiger partial charge in [0.2, 0.25) is 5.76 Å². The van der Waals surface area contributed by atoms with Gasteiger partial charge in [-0.3, -0.25) is 4.79 Å². The van der Waals surface area contributed by atoms with Crippen molar-refractivity contribution in [3.8, 4) is 5.75 Å². The Kier molecular flexibility index (Phi) is 9.83. The van der Waals surface area contributed by atoms with Gasteiger partial charge in [-0.15, -0.1) is 0 Å². The maximum absolute atomic E-state index is 13.9. The van der Waals surface area contributed by atoms with Crippen LogP contribution in [0, 0.1) is 5.92 Å². The molecule has 2 aliphatic rings. The van der Waals surface area contributed by atoms with Gasteiger partial charge in [0.15, 0.2) is 5.69 Å². The number of alkyl halides is 3. The molecule has 0 saturated carbocycles. The van der Waals surface area contributed by atoms with E-state index >= 15 is 0 Å². The molecule has 2 aromatic carbocycles. The van der Waals surface area contributed by atoms with Gasteiger partial charge in [0.05, 0.1) is 25.6 Å². The number of benzene rings is 2. The number of oxazole rings is 1. The minimum atomic E-state index is -4.87. The summed E-state index contributed by atoms with van der Waals surface area (Å²) in [5.41, 5.74) is 0.442. The summed E-state index contributed by atoms with van der Waals surface area (Å²) in [6.07, 6.45) is -0.350. The number of nitrogens with zero attached hydrogens (tertiary/aromatic N) is 4. The van der Waals surface area contributed by atoms with E-state index in [-0.39, 0.29) is 17.6 Å². The summed E-state index contributed by atoms with van der Waals surface area (Å²) in [7, 11) is 1.33. The molecule has 2 aromatic heterocycles. The first kappa shape index (κ1) is 32.9. The van der Waals surface area contributed by atoms with E-state index in [4.69, 9.17) is 13.9 Å². The van der Waals surface area contributed by atoms with Gasteiger partial charge >= 0.3 is 12.1 Å². The molecule has 48 heavy (non-hydrogen) atoms. The number of carbonyl (C=O) groups excluding carboxylic acids is 2. The van der Waals surface area contributed by atoms with E-state index in [1.165, 1.54) is 18.9 Å². The minimum absolute atomic E-state index is 0.214. The predicted molar refractivity (Wildman–Crippen MR) is 173 cm³/mol. The number of hydrogen-bond acceptors (Lipinski definition) is 9. The maximum Gasteiger partial charge on any atom is 0.437 e. The first-order valence-corrected chi connectivity index (χ1v) is 15.9. The largest absolute Gasteiger partial charge is 0.492 e. The molecule has 0 bridgehead atoms. The van der Waals surface area contributed by atoms with Gasteiger partial charge in [-0.2, -0.15) is 18.2 Å². The third-order valence-corrected chi connectivity index (χ3v) is 8.84. The van der Waals surface area contributed by atoms with Crippen LogP contribution in [0.15, 0.2) is 77.3 Å². The summed E-state index contributed by atoms with van der Waals surface area (Å²) >= 11 is 0. The van der Waals surface area contributed by atoms with Crippen LogP contribution >= 0.6 is 0 Å². The summed E-state index contributed by atoms with van der Waals surface area (Å²) in [6, 6.07) is 20.0. The van der Waals surface area contributed by atoms with Gasteiger partial charge < -0.3 is 29.0 Å². The van der Waals surface area contributed by atoms with Crippen LogP contribution in [-0.4, -0.2) is 61.7 Å². The van der Waals surface area contributed by atoms with Crippen molar-refractivity contribution in [1.82, 2.24) is 9.97 Å². The van der Waals surface area contributed by atoms with Gasteiger partial charge in [-0.05, 0) is 67.3 Å². The number of anilines is 3. The standard InChI is InChI=1S/C35H36F3N5O5/c1-46-33(45)27-9-5-6-10-28(27)47-22-23-13-17-42(18-14-23)29-12-11-26(21-39-29)40-32(44)30-31(35(36,37)38)41-34(48-30)43-19-15-25(16-20-43)24-7-3-2-4-8-24/h2-12,21,23,25H,13-20,22H2,1H3,(H,40,44). The Bertz CT molecular complexity index is 1700. The summed E-state index contributed by atoms with van der Waals surface area (Å²) in [5.74, 6) is -0.656. The Hall–Kier alpha value is -5.07. The molecule has 0 unspecified atom stereocenters. The number of carbonyl (C=O) groups is 2. The zero-order chi connectivity index (χ0) is 33.7. The van der Waals surface area contributed by atoms with E-state index in [1.54, 1.807) is 41.3 Å². The third-order valence-electron chi connectivity index (χ3n) is 8.84. The molecule has 0 aliphatic carbocycles. The molecule has 1 amide bonds. The van der Waals surface area contributed by atoms with Crippen molar-refractivity contribution in [2.75, 3.05) is 55.0 Å². The van der Waals surface area contributed by atoms with Crippen molar-refractivity contribution in [1.29, 1.82) is 0 Å². The SMILES string of the molecule is COC(=O)c1ccccc1OCC1CCN(c2ccc(NC(=O)c3oc(N4CCC(c5ccccc5)CC4)nc3C(F)(F)F)cn2)CC1. The number of rotatable bonds is 9. The van der Waals surface area contributed by atoms with Crippen LogP contribution in [-0.2, 0) is 10.9 Å². The first-order valence-electron chi connectivity index (χ1n) is 15.9. The van der Waals surface area contributed by atoms with Crippen LogP contribution in [0.4, 0.5) is 30.7 Å². The summed E-state index contributed by atoms with van der Waals surface area (Å²) in [5, 5.41) is 2.48. The van der Waals surface area contributed by atoms with E-state index in [9.17, 15) is 22.8 Å². The fourth-order valence-corrected chi connectivity index (χ4v) is 6.16. The highest BCUT2D eigenvalue weighted by atomic mass is 19.4. The quantitative estimate of drug-likeness (QED) is 0.193. The van der Waals surface area contributed by atoms with Crippen LogP contribution < -0.4 is 19.9 Å². The molecule has 4 aromatic rings. The predicted octanol–water partition coefficient (Wildman–Crippen LogP) is 6.81. The molecule has 1 N–H and O–H groups in total. The Morgan fingerprint density at radius 2 is 1.60 bits per heavy atom. The number of esters is 1. The fourth-order valence-electron chi connectivity index (χ4n) is 6.16. The molecular formula is C35H36F3N5O5. The van der Waals surface area contributed by atoms with E-state index < -0.39 is 29.5 Å². The van der Waals surface area contributed by atoms with Crippen molar-refractivity contribution in [3.05, 3.63) is 95.5 Å². The molecule has 0 radical (unpaired) electrons. The number of ether oxygens (including phenoxy) is 2. The van der Waals surface area contributed by atoms with Gasteiger partial charge in [0.1, 0.15) is 17.1 Å². The van der Waals surface area contributed by atoms with Gasteiger partial charge in [-0.1, -0.05) is 42.5 Å². The number of aromatic nitrogens is 2. The molecule has 10 nitrogen and oxygen atoms in total. The van der Waals surface area contributed by atoms with Crippen molar-refractivity contribution >= 4 is 29.4 Å². The summed E-state index contributed by atoms with van der Waals surface area (Å²) in [6.45, 7) is 2.79. The first-order chi connectivity index (χ1) is 23.2. The number of methoxy groups -OCH3 is 1. The Morgan fingerprint density at radius 1 is 0.917 bits per heavy atom. The molecule has 0 spiro atoms. The van der Waals surface area contributed by atoms with Crippen molar-refractivity contribution in [3.63, 3.8) is 0 Å². The second-order valence-electron chi connectivity index (χ2n) is 11.9. The summed E-state index contributed by atoms with van der Waals surface area (Å²) < 4.78 is 58.1. The topological polar surface area (TPSA) is 110 Å². The lowest BCUT2D eigenvalue weighted by atomic mass is 9.90. The van der Waals surface area contributed by atoms with Gasteiger partial charge in [0, 0.05) is 26.2 Å². The number of amides is 1. The zero-order valence-electron chi connectivity index (χ0n) is 26.4. The van der Waals surface area contributed by atoms with Crippen LogP contribution in [0.25, 0.3) is 0 Å². The van der Waals surface area contributed by atoms with E-state index in [1.807, 2.05) is 30.3 Å². The van der Waals surface area contributed by atoms with E-state index in [0.717, 1.165) is 25.7 Å². The average molecular weight is 664 g/mol. The van der Waals surface area contributed by atoms with Gasteiger partial charge in [0.25, 0.3) is 11.9 Å². The van der Waals surface area contributed by atoms with Crippen molar-refractivity contribution in [2.45, 2.75) is 37.8 Å². The molecule has 2 saturated heterocycles. The minimum Gasteiger partial charge on any atom is -0.492 e. The van der Waals surface area contributed by atoms with Gasteiger partial charge in [-0.25, -0.2) is 9.78 Å². The highest BCUT2D eigenvalue weighted by molar-refractivity contribution is 6.03. The second kappa shape index (κ2) is 14.4. The number of nitrogens with one attached hydrogen (secondary N) is 1. The van der Waals surface area contributed by atoms with E-state index in [2.05, 4.69) is 20.2 Å². The van der Waals surface area contributed by atoms with Crippen LogP contribution in [0.3, 0.4) is 0 Å². The number of hydrogen-bond donors (Lipinski definition) is 1. The Balaban J connectivity index is 1.03. The molecular weight excluding hydrogens is 627 g/mol. The van der Waals surface area contributed by atoms with Crippen LogP contribution in [0.1, 0.15) is 63.8 Å². The molecule has 13 heteroatoms. The lowest BCUT2D eigenvalue weighted by molar-refractivity contribution is -0.141. The second-order valence-corrected chi connectivity index (χ2v) is 11.9. The Labute approximate surface area is 275 Å². The maximum atomic E-state index is 13.9. The van der Waals surface area contributed by atoms with Crippen molar-refractivity contribution < 1.29 is 36.7 Å². The summed E-state index contributed by atoms with van der Waals surface area (Å²) in [4.78, 5) is 36.9. The molecule has 6 rings (SSSR count). The van der Waals surface area contributed by atoms with Crippen LogP contribution in [0.2, 0.25) is 0 Å². The number of para-hydroxylation sites is 1. The van der Waals surface area contributed by atoms with Crippen LogP contribution in [0.5, 0.6) is 5.75 Å². The zero-order valence-corrected chi connectivity index (χ0v) is 26.4. The highest BCUT2D eigenvalue weighted by Gasteiger charge is 2.42. The monoisotopic (exact) mass is 663 g/mol. The lowest BCUT2D eigenvalue weighted by Gasteiger charge is -2.32. The Morgan fingerprint density at radius 3 is 2.27 bits per heavy atom. The molecule has 252 valence electrons. The third kappa shape index (κ3) is 7.56. The highest BCUT2D eigenvalue weighted by Crippen LogP contribution is 2.37. The number of pyridine rings is 1. The average Bonchev–Trinajstić information content (AvgIpc) is 3.59. The smallest absolute Gasteiger partial charge is 0.437 e. The normalized spacial score (nSPS) is 16.1. The fraction of sp³-hybridized carbons (Fsp3) is 0.371. The molecule has 2 aliphatic heterocycles. The molecule has 2 fully saturated rings. The lowest BCUT2D eigenvalue weighted by Crippen LogP contribution is -2.36. The molecule has 0 atom stereocenters. The number of piperidine rings is 2. The molecule has 4 heterocycles. The number of halogens is 3.